The molecular formula is C10H18N2O2S. The fourth-order valence-electron chi connectivity index (χ4n) is 1.42. The molecule has 0 aliphatic rings. The van der Waals surface area contributed by atoms with Crippen molar-refractivity contribution in [3.05, 3.63) is 15.6 Å². The summed E-state index contributed by atoms with van der Waals surface area (Å²) in [6, 6.07) is 0.164. The maximum absolute atomic E-state index is 9.20. The van der Waals surface area contributed by atoms with Crippen molar-refractivity contribution in [2.75, 3.05) is 13.2 Å². The summed E-state index contributed by atoms with van der Waals surface area (Å²) in [5, 5.41) is 22.1. The van der Waals surface area contributed by atoms with Crippen LogP contribution in [0, 0.1) is 13.8 Å². The predicted octanol–water partition coefficient (Wildman–Crippen LogP) is 0.764. The number of nitrogens with zero attached hydrogens (tertiary/aromatic N) is 1. The monoisotopic (exact) mass is 230 g/mol. The van der Waals surface area contributed by atoms with Gasteiger partial charge in [-0.3, -0.25) is 0 Å². The highest BCUT2D eigenvalue weighted by Gasteiger charge is 2.13. The molecule has 1 aromatic rings. The third kappa shape index (κ3) is 3.53. The molecule has 0 saturated heterocycles. The number of aliphatic hydroxyl groups excluding tert-OH is 2. The van der Waals surface area contributed by atoms with Crippen LogP contribution in [-0.2, 0) is 0 Å². The average molecular weight is 230 g/mol. The molecule has 0 bridgehead atoms. The van der Waals surface area contributed by atoms with Crippen LogP contribution in [0.2, 0.25) is 0 Å². The predicted molar refractivity (Wildman–Crippen MR) is 61.1 cm³/mol. The number of aromatic nitrogens is 1. The Hall–Kier alpha value is -0.490. The van der Waals surface area contributed by atoms with Crippen LogP contribution in [-0.4, -0.2) is 34.5 Å². The largest absolute Gasteiger partial charge is 0.394 e. The standard InChI is InChI=1S/C10H18N2O2S/c1-6(11-4-9(14)5-13)10-7(2)12-8(3)15-10/h6,9,11,13-14H,4-5H2,1-3H3. The summed E-state index contributed by atoms with van der Waals surface area (Å²) in [5.74, 6) is 0. The van der Waals surface area contributed by atoms with Gasteiger partial charge < -0.3 is 15.5 Å². The van der Waals surface area contributed by atoms with Gasteiger partial charge in [-0.2, -0.15) is 0 Å². The molecule has 1 rings (SSSR count). The molecule has 0 spiro atoms. The van der Waals surface area contributed by atoms with E-state index in [0.717, 1.165) is 10.7 Å². The Labute approximate surface area is 94.0 Å². The lowest BCUT2D eigenvalue weighted by Crippen LogP contribution is -2.31. The first-order chi connectivity index (χ1) is 7.04. The third-order valence-electron chi connectivity index (χ3n) is 2.20. The molecule has 0 fully saturated rings. The van der Waals surface area contributed by atoms with Crippen molar-refractivity contribution in [2.45, 2.75) is 32.9 Å². The number of aliphatic hydroxyl groups is 2. The molecule has 15 heavy (non-hydrogen) atoms. The van der Waals surface area contributed by atoms with Gasteiger partial charge in [-0.05, 0) is 20.8 Å². The van der Waals surface area contributed by atoms with Gasteiger partial charge in [0.25, 0.3) is 0 Å². The van der Waals surface area contributed by atoms with Crippen molar-refractivity contribution >= 4 is 11.3 Å². The van der Waals surface area contributed by atoms with E-state index >= 15 is 0 Å². The highest BCUT2D eigenvalue weighted by molar-refractivity contribution is 7.11. The van der Waals surface area contributed by atoms with Crippen LogP contribution < -0.4 is 5.32 Å². The van der Waals surface area contributed by atoms with Crippen LogP contribution in [0.3, 0.4) is 0 Å². The van der Waals surface area contributed by atoms with Crippen LogP contribution in [0.5, 0.6) is 0 Å². The second kappa shape index (κ2) is 5.55. The molecule has 5 heteroatoms. The zero-order valence-electron chi connectivity index (χ0n) is 9.32. The van der Waals surface area contributed by atoms with Gasteiger partial charge in [-0.25, -0.2) is 4.98 Å². The van der Waals surface area contributed by atoms with Gasteiger partial charge >= 0.3 is 0 Å². The van der Waals surface area contributed by atoms with E-state index in [-0.39, 0.29) is 12.6 Å². The fraction of sp³-hybridized carbons (Fsp3) is 0.700. The summed E-state index contributed by atoms with van der Waals surface area (Å²) in [4.78, 5) is 5.54. The number of aryl methyl sites for hydroxylation is 2. The summed E-state index contributed by atoms with van der Waals surface area (Å²) in [6.07, 6.45) is -0.693. The van der Waals surface area contributed by atoms with E-state index in [1.807, 2.05) is 20.8 Å². The van der Waals surface area contributed by atoms with E-state index in [9.17, 15) is 5.11 Å². The van der Waals surface area contributed by atoms with Gasteiger partial charge in [0.1, 0.15) is 0 Å². The zero-order chi connectivity index (χ0) is 11.4. The maximum atomic E-state index is 9.20. The quantitative estimate of drug-likeness (QED) is 0.699. The third-order valence-corrected chi connectivity index (χ3v) is 3.46. The maximum Gasteiger partial charge on any atom is 0.0900 e. The van der Waals surface area contributed by atoms with Gasteiger partial charge in [-0.1, -0.05) is 0 Å². The van der Waals surface area contributed by atoms with E-state index in [4.69, 9.17) is 5.11 Å². The molecule has 0 aromatic carbocycles. The van der Waals surface area contributed by atoms with Gasteiger partial charge in [0, 0.05) is 17.5 Å². The lowest BCUT2D eigenvalue weighted by molar-refractivity contribution is 0.0924. The number of hydrogen-bond acceptors (Lipinski definition) is 5. The van der Waals surface area contributed by atoms with Crippen molar-refractivity contribution in [3.63, 3.8) is 0 Å². The lowest BCUT2D eigenvalue weighted by Gasteiger charge is -2.15. The highest BCUT2D eigenvalue weighted by atomic mass is 32.1. The Morgan fingerprint density at radius 3 is 2.60 bits per heavy atom. The first-order valence-electron chi connectivity index (χ1n) is 5.00. The molecule has 0 radical (unpaired) electrons. The first kappa shape index (κ1) is 12.6. The van der Waals surface area contributed by atoms with E-state index in [1.165, 1.54) is 4.88 Å². The summed E-state index contributed by atoms with van der Waals surface area (Å²) in [7, 11) is 0. The second-order valence-corrected chi connectivity index (χ2v) is 4.88. The molecule has 0 amide bonds. The van der Waals surface area contributed by atoms with Crippen molar-refractivity contribution < 1.29 is 10.2 Å². The average Bonchev–Trinajstić information content (AvgIpc) is 2.53. The highest BCUT2D eigenvalue weighted by Crippen LogP contribution is 2.24. The van der Waals surface area contributed by atoms with E-state index < -0.39 is 6.10 Å². The normalized spacial score (nSPS) is 15.3. The van der Waals surface area contributed by atoms with Crippen LogP contribution in [0.4, 0.5) is 0 Å². The number of hydrogen-bond donors (Lipinski definition) is 3. The zero-order valence-corrected chi connectivity index (χ0v) is 10.1. The summed E-state index contributed by atoms with van der Waals surface area (Å²) in [6.45, 7) is 6.19. The smallest absolute Gasteiger partial charge is 0.0900 e. The Bertz CT molecular complexity index is 314. The van der Waals surface area contributed by atoms with E-state index in [2.05, 4.69) is 10.3 Å². The van der Waals surface area contributed by atoms with Gasteiger partial charge in [-0.15, -0.1) is 11.3 Å². The number of rotatable bonds is 5. The van der Waals surface area contributed by atoms with Crippen LogP contribution >= 0.6 is 11.3 Å². The molecule has 3 N–H and O–H groups in total. The van der Waals surface area contributed by atoms with Crippen molar-refractivity contribution in [1.82, 2.24) is 10.3 Å². The molecule has 2 atom stereocenters. The number of thiazole rings is 1. The summed E-state index contributed by atoms with van der Waals surface area (Å²) >= 11 is 1.66. The molecule has 4 nitrogen and oxygen atoms in total. The summed E-state index contributed by atoms with van der Waals surface area (Å²) in [5.41, 5.74) is 1.04. The van der Waals surface area contributed by atoms with Crippen LogP contribution in [0.1, 0.15) is 28.5 Å². The first-order valence-corrected chi connectivity index (χ1v) is 5.82. The Morgan fingerprint density at radius 1 is 1.47 bits per heavy atom. The fourth-order valence-corrected chi connectivity index (χ4v) is 2.37. The van der Waals surface area contributed by atoms with Crippen LogP contribution in [0.25, 0.3) is 0 Å². The summed E-state index contributed by atoms with van der Waals surface area (Å²) < 4.78 is 0. The van der Waals surface area contributed by atoms with E-state index in [1.54, 1.807) is 11.3 Å². The minimum absolute atomic E-state index is 0.164. The van der Waals surface area contributed by atoms with Crippen molar-refractivity contribution in [3.8, 4) is 0 Å². The topological polar surface area (TPSA) is 65.4 Å². The molecule has 1 heterocycles. The molecule has 2 unspecified atom stereocenters. The van der Waals surface area contributed by atoms with Gasteiger partial charge in [0.05, 0.1) is 23.4 Å². The van der Waals surface area contributed by atoms with Crippen LogP contribution in [0.15, 0.2) is 0 Å². The number of nitrogens with one attached hydrogen (secondary N) is 1. The minimum atomic E-state index is -0.693. The molecule has 0 saturated carbocycles. The molecule has 0 aliphatic carbocycles. The Kier molecular flexibility index (Phi) is 4.66. The molecular weight excluding hydrogens is 212 g/mol. The molecule has 86 valence electrons. The lowest BCUT2D eigenvalue weighted by atomic mass is 10.2. The molecule has 0 aliphatic heterocycles. The van der Waals surface area contributed by atoms with Gasteiger partial charge in [0.15, 0.2) is 0 Å². The Balaban J connectivity index is 2.53. The molecule has 1 aromatic heterocycles. The van der Waals surface area contributed by atoms with Crippen molar-refractivity contribution in [2.24, 2.45) is 0 Å². The SMILES string of the molecule is Cc1nc(C)c(C(C)NCC(O)CO)s1. The van der Waals surface area contributed by atoms with E-state index in [0.29, 0.717) is 6.54 Å². The van der Waals surface area contributed by atoms with Gasteiger partial charge in [0.2, 0.25) is 0 Å². The Morgan fingerprint density at radius 2 is 2.13 bits per heavy atom. The second-order valence-electron chi connectivity index (χ2n) is 3.65. The minimum Gasteiger partial charge on any atom is -0.394 e. The van der Waals surface area contributed by atoms with Crippen molar-refractivity contribution in [1.29, 1.82) is 0 Å².